The Morgan fingerprint density at radius 3 is 2.65 bits per heavy atom. The number of hydrogen-bond donors (Lipinski definition) is 2. The fraction of sp³-hybridized carbons (Fsp3) is 0.125. The smallest absolute Gasteiger partial charge is 0.262 e. The molecule has 0 bridgehead atoms. The number of nitrogens with two attached hydrogens (primary N) is 1. The van der Waals surface area contributed by atoms with Crippen molar-refractivity contribution in [2.75, 3.05) is 11.9 Å². The standard InChI is InChI=1S/C16H14Cl2N2O3/c1-9-3-2-4-12(15(9)16(19)22)20-14(21)8-23-13-7-10(17)5-6-11(13)18/h2-7H,8H2,1H3,(H2,19,22)(H,20,21). The number of aryl methyl sites for hydroxylation is 1. The number of benzene rings is 2. The van der Waals surface area contributed by atoms with Crippen LogP contribution in [-0.4, -0.2) is 18.4 Å². The van der Waals surface area contributed by atoms with Crippen LogP contribution in [0.15, 0.2) is 36.4 Å². The zero-order valence-corrected chi connectivity index (χ0v) is 13.7. The summed E-state index contributed by atoms with van der Waals surface area (Å²) in [6.07, 6.45) is 0. The molecule has 120 valence electrons. The van der Waals surface area contributed by atoms with Crippen LogP contribution in [0.25, 0.3) is 0 Å². The number of halogens is 2. The van der Waals surface area contributed by atoms with Crippen LogP contribution in [0.2, 0.25) is 10.0 Å². The van der Waals surface area contributed by atoms with Crippen molar-refractivity contribution < 1.29 is 14.3 Å². The second kappa shape index (κ2) is 7.35. The molecule has 0 heterocycles. The molecule has 0 unspecified atom stereocenters. The molecule has 2 rings (SSSR count). The van der Waals surface area contributed by atoms with Gasteiger partial charge >= 0.3 is 0 Å². The van der Waals surface area contributed by atoms with E-state index >= 15 is 0 Å². The number of ether oxygens (including phenoxy) is 1. The van der Waals surface area contributed by atoms with E-state index in [0.717, 1.165) is 0 Å². The number of amides is 2. The van der Waals surface area contributed by atoms with Gasteiger partial charge in [-0.3, -0.25) is 9.59 Å². The Balaban J connectivity index is 2.07. The van der Waals surface area contributed by atoms with Gasteiger partial charge in [0.1, 0.15) is 5.75 Å². The van der Waals surface area contributed by atoms with Gasteiger partial charge in [-0.1, -0.05) is 35.3 Å². The molecule has 0 spiro atoms. The molecule has 7 heteroatoms. The summed E-state index contributed by atoms with van der Waals surface area (Å²) in [6.45, 7) is 1.45. The molecule has 3 N–H and O–H groups in total. The predicted octanol–water partition coefficient (Wildman–Crippen LogP) is 3.42. The molecule has 0 aromatic heterocycles. The highest BCUT2D eigenvalue weighted by Crippen LogP contribution is 2.27. The van der Waals surface area contributed by atoms with E-state index in [1.807, 2.05) is 0 Å². The fourth-order valence-electron chi connectivity index (χ4n) is 2.02. The summed E-state index contributed by atoms with van der Waals surface area (Å²) >= 11 is 11.8. The summed E-state index contributed by atoms with van der Waals surface area (Å²) < 4.78 is 5.34. The van der Waals surface area contributed by atoms with Crippen LogP contribution in [0.5, 0.6) is 5.75 Å². The van der Waals surface area contributed by atoms with Crippen molar-refractivity contribution in [2.45, 2.75) is 6.92 Å². The minimum atomic E-state index is -0.614. The van der Waals surface area contributed by atoms with Crippen molar-refractivity contribution in [2.24, 2.45) is 5.73 Å². The molecule has 0 fully saturated rings. The highest BCUT2D eigenvalue weighted by molar-refractivity contribution is 6.34. The summed E-state index contributed by atoms with van der Waals surface area (Å²) in [6, 6.07) is 9.74. The van der Waals surface area contributed by atoms with Crippen molar-refractivity contribution in [3.05, 3.63) is 57.6 Å². The van der Waals surface area contributed by atoms with Crippen LogP contribution in [-0.2, 0) is 4.79 Å². The normalized spacial score (nSPS) is 10.2. The molecule has 0 atom stereocenters. The van der Waals surface area contributed by atoms with Gasteiger partial charge in [0.2, 0.25) is 0 Å². The summed E-state index contributed by atoms with van der Waals surface area (Å²) in [7, 11) is 0. The Morgan fingerprint density at radius 2 is 1.96 bits per heavy atom. The molecule has 0 radical (unpaired) electrons. The maximum atomic E-state index is 12.0. The lowest BCUT2D eigenvalue weighted by Crippen LogP contribution is -2.23. The molecular weight excluding hydrogens is 339 g/mol. The highest BCUT2D eigenvalue weighted by Gasteiger charge is 2.14. The Hall–Kier alpha value is -2.24. The number of primary amides is 1. The molecular formula is C16H14Cl2N2O3. The molecule has 5 nitrogen and oxygen atoms in total. The molecule has 0 aliphatic heterocycles. The molecule has 2 amide bonds. The fourth-order valence-corrected chi connectivity index (χ4v) is 2.35. The Kier molecular flexibility index (Phi) is 5.47. The van der Waals surface area contributed by atoms with Crippen molar-refractivity contribution in [1.82, 2.24) is 0 Å². The Morgan fingerprint density at radius 1 is 1.22 bits per heavy atom. The number of rotatable bonds is 5. The van der Waals surface area contributed by atoms with Crippen molar-refractivity contribution in [1.29, 1.82) is 0 Å². The summed E-state index contributed by atoms with van der Waals surface area (Å²) in [5, 5.41) is 3.38. The zero-order valence-electron chi connectivity index (χ0n) is 12.2. The van der Waals surface area contributed by atoms with Gasteiger partial charge in [0.25, 0.3) is 11.8 Å². The molecule has 2 aromatic rings. The quantitative estimate of drug-likeness (QED) is 0.864. The first-order chi connectivity index (χ1) is 10.9. The summed E-state index contributed by atoms with van der Waals surface area (Å²) in [5.74, 6) is -0.764. The monoisotopic (exact) mass is 352 g/mol. The summed E-state index contributed by atoms with van der Waals surface area (Å²) in [5.41, 5.74) is 6.62. The number of carbonyl (C=O) groups is 2. The lowest BCUT2D eigenvalue weighted by atomic mass is 10.1. The van der Waals surface area contributed by atoms with Gasteiger partial charge in [0, 0.05) is 11.1 Å². The van der Waals surface area contributed by atoms with E-state index in [0.29, 0.717) is 27.0 Å². The van der Waals surface area contributed by atoms with Gasteiger partial charge in [-0.05, 0) is 30.7 Å². The molecule has 0 aliphatic carbocycles. The average Bonchev–Trinajstić information content (AvgIpc) is 2.48. The van der Waals surface area contributed by atoms with Gasteiger partial charge in [0.15, 0.2) is 6.61 Å². The van der Waals surface area contributed by atoms with Crippen molar-refractivity contribution in [3.8, 4) is 5.75 Å². The Labute approximate surface area is 143 Å². The molecule has 0 saturated carbocycles. The van der Waals surface area contributed by atoms with E-state index in [4.69, 9.17) is 33.7 Å². The van der Waals surface area contributed by atoms with Crippen LogP contribution >= 0.6 is 23.2 Å². The second-order valence-electron chi connectivity index (χ2n) is 4.77. The molecule has 23 heavy (non-hydrogen) atoms. The molecule has 0 saturated heterocycles. The van der Waals surface area contributed by atoms with E-state index in [1.165, 1.54) is 6.07 Å². The van der Waals surface area contributed by atoms with E-state index < -0.39 is 11.8 Å². The average molecular weight is 353 g/mol. The SMILES string of the molecule is Cc1cccc(NC(=O)COc2cc(Cl)ccc2Cl)c1C(N)=O. The third-order valence-electron chi connectivity index (χ3n) is 3.05. The highest BCUT2D eigenvalue weighted by atomic mass is 35.5. The van der Waals surface area contributed by atoms with Gasteiger partial charge in [-0.2, -0.15) is 0 Å². The maximum Gasteiger partial charge on any atom is 0.262 e. The third kappa shape index (κ3) is 4.37. The van der Waals surface area contributed by atoms with E-state index in [1.54, 1.807) is 37.3 Å². The van der Waals surface area contributed by atoms with Crippen LogP contribution in [0, 0.1) is 6.92 Å². The van der Waals surface area contributed by atoms with Crippen LogP contribution in [0.3, 0.4) is 0 Å². The number of anilines is 1. The molecule has 2 aromatic carbocycles. The lowest BCUT2D eigenvalue weighted by molar-refractivity contribution is -0.118. The zero-order chi connectivity index (χ0) is 17.0. The van der Waals surface area contributed by atoms with Crippen molar-refractivity contribution in [3.63, 3.8) is 0 Å². The minimum Gasteiger partial charge on any atom is -0.482 e. The topological polar surface area (TPSA) is 81.4 Å². The first kappa shape index (κ1) is 17.1. The van der Waals surface area contributed by atoms with Crippen LogP contribution in [0.4, 0.5) is 5.69 Å². The van der Waals surface area contributed by atoms with Gasteiger partial charge in [-0.15, -0.1) is 0 Å². The minimum absolute atomic E-state index is 0.265. The Bertz CT molecular complexity index is 763. The summed E-state index contributed by atoms with van der Waals surface area (Å²) in [4.78, 5) is 23.5. The number of hydrogen-bond acceptors (Lipinski definition) is 3. The first-order valence-corrected chi connectivity index (χ1v) is 7.41. The van der Waals surface area contributed by atoms with Crippen molar-refractivity contribution >= 4 is 40.7 Å². The van der Waals surface area contributed by atoms with E-state index in [2.05, 4.69) is 5.32 Å². The maximum absolute atomic E-state index is 12.0. The van der Waals surface area contributed by atoms with Crippen LogP contribution < -0.4 is 15.8 Å². The second-order valence-corrected chi connectivity index (χ2v) is 5.62. The van der Waals surface area contributed by atoms with Gasteiger partial charge in [0.05, 0.1) is 16.3 Å². The van der Waals surface area contributed by atoms with E-state index in [-0.39, 0.29) is 12.2 Å². The largest absolute Gasteiger partial charge is 0.482 e. The van der Waals surface area contributed by atoms with Gasteiger partial charge < -0.3 is 15.8 Å². The van der Waals surface area contributed by atoms with E-state index in [9.17, 15) is 9.59 Å². The predicted molar refractivity (Wildman–Crippen MR) is 90.3 cm³/mol. The molecule has 0 aliphatic rings. The first-order valence-electron chi connectivity index (χ1n) is 6.65. The number of carbonyl (C=O) groups excluding carboxylic acids is 2. The number of nitrogens with one attached hydrogen (secondary N) is 1. The van der Waals surface area contributed by atoms with Gasteiger partial charge in [-0.25, -0.2) is 0 Å². The third-order valence-corrected chi connectivity index (χ3v) is 3.59. The van der Waals surface area contributed by atoms with Crippen LogP contribution in [0.1, 0.15) is 15.9 Å². The lowest BCUT2D eigenvalue weighted by Gasteiger charge is -2.12.